The van der Waals surface area contributed by atoms with E-state index in [0.29, 0.717) is 51.7 Å². The lowest BCUT2D eigenvalue weighted by Crippen LogP contribution is -2.48. The molecule has 0 radical (unpaired) electrons. The number of amides is 1. The Bertz CT molecular complexity index is 1270. The van der Waals surface area contributed by atoms with Crippen LogP contribution in [0.1, 0.15) is 65.9 Å². The monoisotopic (exact) mass is 526 g/mol. The summed E-state index contributed by atoms with van der Waals surface area (Å²) in [5.41, 5.74) is 0.755. The van der Waals surface area contributed by atoms with Crippen molar-refractivity contribution in [2.45, 2.75) is 63.2 Å². The van der Waals surface area contributed by atoms with Crippen LogP contribution in [0.25, 0.3) is 0 Å². The van der Waals surface area contributed by atoms with Gasteiger partial charge in [0.15, 0.2) is 5.72 Å². The molecule has 0 spiro atoms. The van der Waals surface area contributed by atoms with Gasteiger partial charge in [0.2, 0.25) is 0 Å². The van der Waals surface area contributed by atoms with Crippen molar-refractivity contribution in [3.8, 4) is 0 Å². The van der Waals surface area contributed by atoms with E-state index in [0.717, 1.165) is 5.56 Å². The number of ether oxygens (including phenoxy) is 1. The molecule has 2 N–H and O–H groups in total. The number of aliphatic hydroxyl groups is 2. The largest absolute Gasteiger partial charge is 0.393 e. The molecule has 3 atom stereocenters. The second kappa shape index (κ2) is 9.43. The predicted molar refractivity (Wildman–Crippen MR) is 138 cm³/mol. The number of aliphatic hydroxyl groups excluding tert-OH is 1. The van der Waals surface area contributed by atoms with Gasteiger partial charge in [0.1, 0.15) is 0 Å². The van der Waals surface area contributed by atoms with Crippen molar-refractivity contribution in [2.24, 2.45) is 0 Å². The normalized spacial score (nSPS) is 23.8. The van der Waals surface area contributed by atoms with Gasteiger partial charge in [-0.1, -0.05) is 47.5 Å². The summed E-state index contributed by atoms with van der Waals surface area (Å²) in [5, 5.41) is 22.0. The summed E-state index contributed by atoms with van der Waals surface area (Å²) in [5.74, 6) is -0.235. The van der Waals surface area contributed by atoms with Gasteiger partial charge in [-0.3, -0.25) is 14.7 Å². The molecule has 2 aliphatic rings. The summed E-state index contributed by atoms with van der Waals surface area (Å²) in [6.07, 6.45) is 2.64. The van der Waals surface area contributed by atoms with E-state index in [9.17, 15) is 15.0 Å². The molecule has 1 fully saturated rings. The predicted octanol–water partition coefficient (Wildman–Crippen LogP) is 5.40. The van der Waals surface area contributed by atoms with Crippen molar-refractivity contribution in [3.63, 3.8) is 0 Å². The molecule has 3 aromatic rings. The number of hydrogen-bond donors (Lipinski definition) is 2. The van der Waals surface area contributed by atoms with Gasteiger partial charge in [0.25, 0.3) is 5.91 Å². The zero-order valence-corrected chi connectivity index (χ0v) is 21.6. The van der Waals surface area contributed by atoms with Crippen molar-refractivity contribution < 1.29 is 19.7 Å². The molecular formula is C28H28Cl2N2O4. The van der Waals surface area contributed by atoms with Crippen LogP contribution in [0.4, 0.5) is 0 Å². The highest BCUT2D eigenvalue weighted by Crippen LogP contribution is 2.49. The number of nitrogens with zero attached hydrogens (tertiary/aromatic N) is 2. The second-order valence-electron chi connectivity index (χ2n) is 10.0. The van der Waals surface area contributed by atoms with Crippen LogP contribution in [0.3, 0.4) is 0 Å². The van der Waals surface area contributed by atoms with E-state index in [2.05, 4.69) is 4.98 Å². The number of carbonyl (C=O) groups is 1. The molecule has 1 aliphatic carbocycles. The van der Waals surface area contributed by atoms with Gasteiger partial charge in [0, 0.05) is 27.9 Å². The van der Waals surface area contributed by atoms with E-state index in [1.807, 2.05) is 24.3 Å². The summed E-state index contributed by atoms with van der Waals surface area (Å²) < 4.78 is 6.87. The Morgan fingerprint density at radius 3 is 2.42 bits per heavy atom. The minimum Gasteiger partial charge on any atom is -0.393 e. The van der Waals surface area contributed by atoms with E-state index in [4.69, 9.17) is 27.9 Å². The number of halogens is 2. The smallest absolute Gasteiger partial charge is 0.257 e. The minimum absolute atomic E-state index is 0.167. The standard InChI is InChI=1S/C28H28Cl2N2O4/c1-27(2,35)18-5-12-25-24(13-18)26(34)32(16-21-9-8-20(30)15-31-21)28(25,17-3-6-19(29)7-4-17)36-23-11-10-22(33)14-23/h3-9,12-13,15,22-23,33,35H,10-11,14,16H2,1-2H3/t22-,23-,28+/m0/s1. The Kier molecular flexibility index (Phi) is 6.60. The van der Waals surface area contributed by atoms with E-state index in [-0.39, 0.29) is 18.6 Å². The Morgan fingerprint density at radius 1 is 1.08 bits per heavy atom. The van der Waals surface area contributed by atoms with E-state index >= 15 is 0 Å². The quantitative estimate of drug-likeness (QED) is 0.449. The van der Waals surface area contributed by atoms with Crippen molar-refractivity contribution in [1.29, 1.82) is 0 Å². The molecule has 0 saturated heterocycles. The van der Waals surface area contributed by atoms with Crippen LogP contribution >= 0.6 is 23.2 Å². The topological polar surface area (TPSA) is 82.9 Å². The van der Waals surface area contributed by atoms with E-state index in [1.54, 1.807) is 55.3 Å². The van der Waals surface area contributed by atoms with Crippen LogP contribution in [-0.2, 0) is 22.6 Å². The van der Waals surface area contributed by atoms with Gasteiger partial charge >= 0.3 is 0 Å². The third-order valence-electron chi connectivity index (χ3n) is 6.99. The lowest BCUT2D eigenvalue weighted by Gasteiger charge is -2.41. The summed E-state index contributed by atoms with van der Waals surface area (Å²) in [4.78, 5) is 20.2. The first-order chi connectivity index (χ1) is 17.1. The SMILES string of the molecule is CC(C)(O)c1ccc2c(c1)C(=O)N(Cc1ccc(Cl)cn1)[C@@]2(O[C@H]1CC[C@H](O)C1)c1ccc(Cl)cc1. The van der Waals surface area contributed by atoms with Crippen LogP contribution in [0.5, 0.6) is 0 Å². The highest BCUT2D eigenvalue weighted by atomic mass is 35.5. The molecule has 36 heavy (non-hydrogen) atoms. The molecular weight excluding hydrogens is 499 g/mol. The maximum absolute atomic E-state index is 14.1. The van der Waals surface area contributed by atoms with Gasteiger partial charge in [-0.2, -0.15) is 0 Å². The number of aromatic nitrogens is 1. The van der Waals surface area contributed by atoms with Crippen molar-refractivity contribution >= 4 is 29.1 Å². The van der Waals surface area contributed by atoms with Crippen molar-refractivity contribution in [1.82, 2.24) is 9.88 Å². The highest BCUT2D eigenvalue weighted by molar-refractivity contribution is 6.30. The van der Waals surface area contributed by atoms with Crippen LogP contribution in [0.15, 0.2) is 60.8 Å². The van der Waals surface area contributed by atoms with Crippen molar-refractivity contribution in [2.75, 3.05) is 0 Å². The molecule has 188 valence electrons. The third-order valence-corrected chi connectivity index (χ3v) is 7.46. The fraction of sp³-hybridized carbons (Fsp3) is 0.357. The summed E-state index contributed by atoms with van der Waals surface area (Å²) in [7, 11) is 0. The first-order valence-electron chi connectivity index (χ1n) is 12.0. The summed E-state index contributed by atoms with van der Waals surface area (Å²) in [6, 6.07) is 16.2. The lowest BCUT2D eigenvalue weighted by molar-refractivity contribution is -0.147. The molecule has 1 saturated carbocycles. The van der Waals surface area contributed by atoms with E-state index in [1.165, 1.54) is 0 Å². The van der Waals surface area contributed by atoms with Crippen LogP contribution in [-0.4, -0.2) is 38.2 Å². The molecule has 2 heterocycles. The highest BCUT2D eigenvalue weighted by Gasteiger charge is 2.54. The molecule has 2 aromatic carbocycles. The maximum Gasteiger partial charge on any atom is 0.257 e. The molecule has 5 rings (SSSR count). The number of benzene rings is 2. The second-order valence-corrected chi connectivity index (χ2v) is 10.9. The molecule has 1 aliphatic heterocycles. The molecule has 8 heteroatoms. The number of hydrogen-bond acceptors (Lipinski definition) is 5. The third kappa shape index (κ3) is 4.53. The molecule has 1 aromatic heterocycles. The average Bonchev–Trinajstić information content (AvgIpc) is 3.35. The molecule has 0 unspecified atom stereocenters. The molecule has 0 bridgehead atoms. The van der Waals surface area contributed by atoms with Gasteiger partial charge in [-0.05, 0) is 69.0 Å². The zero-order chi connectivity index (χ0) is 25.7. The number of rotatable bonds is 6. The molecule has 6 nitrogen and oxygen atoms in total. The van der Waals surface area contributed by atoms with Gasteiger partial charge in [-0.25, -0.2) is 0 Å². The fourth-order valence-electron chi connectivity index (χ4n) is 5.12. The number of fused-ring (bicyclic) bond motifs is 1. The van der Waals surface area contributed by atoms with Crippen LogP contribution in [0.2, 0.25) is 10.0 Å². The first-order valence-corrected chi connectivity index (χ1v) is 12.8. The fourth-order valence-corrected chi connectivity index (χ4v) is 5.36. The Hall–Kier alpha value is -2.48. The minimum atomic E-state index is -1.27. The molecule has 1 amide bonds. The Balaban J connectivity index is 1.71. The average molecular weight is 527 g/mol. The van der Waals surface area contributed by atoms with Gasteiger partial charge in [0.05, 0.1) is 35.1 Å². The maximum atomic E-state index is 14.1. The van der Waals surface area contributed by atoms with Gasteiger partial charge in [-0.15, -0.1) is 0 Å². The van der Waals surface area contributed by atoms with E-state index < -0.39 is 17.4 Å². The summed E-state index contributed by atoms with van der Waals surface area (Å²) in [6.45, 7) is 3.54. The lowest BCUT2D eigenvalue weighted by atomic mass is 9.89. The van der Waals surface area contributed by atoms with Crippen LogP contribution in [0, 0.1) is 0 Å². The summed E-state index contributed by atoms with van der Waals surface area (Å²) >= 11 is 12.3. The number of pyridine rings is 1. The van der Waals surface area contributed by atoms with Crippen molar-refractivity contribution in [3.05, 3.63) is 98.8 Å². The van der Waals surface area contributed by atoms with Crippen LogP contribution < -0.4 is 0 Å². The first kappa shape index (κ1) is 25.2. The Labute approximate surface area is 220 Å². The number of carbonyl (C=O) groups excluding carboxylic acids is 1. The van der Waals surface area contributed by atoms with Gasteiger partial charge < -0.3 is 14.9 Å². The zero-order valence-electron chi connectivity index (χ0n) is 20.1. The Morgan fingerprint density at radius 2 is 1.81 bits per heavy atom.